The van der Waals surface area contributed by atoms with Crippen LogP contribution >= 0.6 is 0 Å². The van der Waals surface area contributed by atoms with E-state index in [-0.39, 0.29) is 0 Å². The van der Waals surface area contributed by atoms with Crippen molar-refractivity contribution in [1.29, 1.82) is 0 Å². The van der Waals surface area contributed by atoms with E-state index in [9.17, 15) is 4.79 Å². The van der Waals surface area contributed by atoms with Crippen LogP contribution in [-0.2, 0) is 0 Å². The summed E-state index contributed by atoms with van der Waals surface area (Å²) in [5, 5.41) is 3.35. The molecule has 1 atom stereocenters. The number of primary amides is 1. The van der Waals surface area contributed by atoms with Crippen molar-refractivity contribution in [2.75, 3.05) is 13.2 Å². The van der Waals surface area contributed by atoms with Crippen molar-refractivity contribution in [2.24, 2.45) is 5.73 Å². The minimum Gasteiger partial charge on any atom is -0.491 e. The highest BCUT2D eigenvalue weighted by molar-refractivity contribution is 5.97. The van der Waals surface area contributed by atoms with Gasteiger partial charge in [0.05, 0.1) is 5.56 Å². The van der Waals surface area contributed by atoms with Gasteiger partial charge in [-0.2, -0.15) is 0 Å². The van der Waals surface area contributed by atoms with Crippen molar-refractivity contribution < 1.29 is 9.53 Å². The number of rotatable bonds is 4. The van der Waals surface area contributed by atoms with E-state index in [0.717, 1.165) is 18.5 Å². The first-order valence-corrected chi connectivity index (χ1v) is 5.94. The van der Waals surface area contributed by atoms with Gasteiger partial charge < -0.3 is 15.8 Å². The molecule has 1 aliphatic heterocycles. The number of amides is 1. The number of nitrogens with two attached hydrogens (primary N) is 1. The van der Waals surface area contributed by atoms with Crippen LogP contribution in [-0.4, -0.2) is 25.1 Å². The Morgan fingerprint density at radius 3 is 3.06 bits per heavy atom. The molecule has 17 heavy (non-hydrogen) atoms. The minimum atomic E-state index is -0.433. The van der Waals surface area contributed by atoms with Crippen molar-refractivity contribution in [2.45, 2.75) is 25.8 Å². The molecule has 1 aliphatic rings. The normalized spacial score (nSPS) is 19.2. The van der Waals surface area contributed by atoms with Crippen LogP contribution in [0.25, 0.3) is 0 Å². The number of benzene rings is 1. The highest BCUT2D eigenvalue weighted by Crippen LogP contribution is 2.22. The van der Waals surface area contributed by atoms with Crippen LogP contribution in [0.4, 0.5) is 0 Å². The molecule has 1 aromatic carbocycles. The maximum atomic E-state index is 11.4. The second kappa shape index (κ2) is 5.19. The quantitative estimate of drug-likeness (QED) is 0.823. The van der Waals surface area contributed by atoms with Gasteiger partial charge in [0.1, 0.15) is 12.4 Å². The number of carbonyl (C=O) groups excluding carboxylic acids is 1. The number of aryl methyl sites for hydroxylation is 1. The zero-order valence-corrected chi connectivity index (χ0v) is 10.0. The Kier molecular flexibility index (Phi) is 3.64. The van der Waals surface area contributed by atoms with Gasteiger partial charge in [-0.1, -0.05) is 12.1 Å². The van der Waals surface area contributed by atoms with Crippen LogP contribution in [0, 0.1) is 6.92 Å². The number of hydrogen-bond acceptors (Lipinski definition) is 3. The first kappa shape index (κ1) is 11.9. The van der Waals surface area contributed by atoms with Gasteiger partial charge in [0, 0.05) is 6.04 Å². The fourth-order valence-corrected chi connectivity index (χ4v) is 2.17. The molecule has 1 unspecified atom stereocenters. The molecule has 3 N–H and O–H groups in total. The molecule has 4 heteroatoms. The molecule has 4 nitrogen and oxygen atoms in total. The largest absolute Gasteiger partial charge is 0.491 e. The second-order valence-corrected chi connectivity index (χ2v) is 4.42. The van der Waals surface area contributed by atoms with E-state index in [1.807, 2.05) is 19.1 Å². The molecule has 0 saturated carbocycles. The summed E-state index contributed by atoms with van der Waals surface area (Å²) in [5.41, 5.74) is 6.71. The van der Waals surface area contributed by atoms with Crippen LogP contribution in [0.5, 0.6) is 5.75 Å². The molecule has 1 aromatic rings. The SMILES string of the molecule is Cc1cccc(OCC2CCCN2)c1C(N)=O. The lowest BCUT2D eigenvalue weighted by molar-refractivity contribution is 0.0995. The summed E-state index contributed by atoms with van der Waals surface area (Å²) in [6, 6.07) is 5.92. The number of hydrogen-bond donors (Lipinski definition) is 2. The maximum Gasteiger partial charge on any atom is 0.252 e. The van der Waals surface area contributed by atoms with Gasteiger partial charge in [0.15, 0.2) is 0 Å². The minimum absolute atomic E-state index is 0.385. The molecular formula is C13H18N2O2. The van der Waals surface area contributed by atoms with Crippen LogP contribution in [0.1, 0.15) is 28.8 Å². The van der Waals surface area contributed by atoms with E-state index in [0.29, 0.717) is 24.0 Å². The van der Waals surface area contributed by atoms with E-state index in [1.165, 1.54) is 6.42 Å². The average Bonchev–Trinajstić information content (AvgIpc) is 2.78. The summed E-state index contributed by atoms with van der Waals surface area (Å²) in [5.74, 6) is 0.156. The fourth-order valence-electron chi connectivity index (χ4n) is 2.17. The predicted molar refractivity (Wildman–Crippen MR) is 66.2 cm³/mol. The molecule has 0 aromatic heterocycles. The van der Waals surface area contributed by atoms with E-state index in [4.69, 9.17) is 10.5 Å². The van der Waals surface area contributed by atoms with Crippen LogP contribution in [0.3, 0.4) is 0 Å². The van der Waals surface area contributed by atoms with Crippen molar-refractivity contribution in [3.8, 4) is 5.75 Å². The smallest absolute Gasteiger partial charge is 0.252 e. The first-order valence-electron chi connectivity index (χ1n) is 5.94. The van der Waals surface area contributed by atoms with E-state index >= 15 is 0 Å². The molecule has 0 bridgehead atoms. The summed E-state index contributed by atoms with van der Waals surface area (Å²) in [6.07, 6.45) is 2.31. The molecule has 1 fully saturated rings. The highest BCUT2D eigenvalue weighted by Gasteiger charge is 2.17. The lowest BCUT2D eigenvalue weighted by Gasteiger charge is -2.15. The Hall–Kier alpha value is -1.55. The van der Waals surface area contributed by atoms with Gasteiger partial charge in [-0.05, 0) is 37.9 Å². The molecule has 1 saturated heterocycles. The molecule has 92 valence electrons. The lowest BCUT2D eigenvalue weighted by Crippen LogP contribution is -2.28. The third-order valence-corrected chi connectivity index (χ3v) is 3.08. The summed E-state index contributed by atoms with van der Waals surface area (Å²) in [6.45, 7) is 3.50. The average molecular weight is 234 g/mol. The number of nitrogens with one attached hydrogen (secondary N) is 1. The van der Waals surface area contributed by atoms with Gasteiger partial charge in [-0.3, -0.25) is 4.79 Å². The maximum absolute atomic E-state index is 11.4. The van der Waals surface area contributed by atoms with E-state index < -0.39 is 5.91 Å². The molecule has 1 heterocycles. The summed E-state index contributed by atoms with van der Waals surface area (Å²) >= 11 is 0. The highest BCUT2D eigenvalue weighted by atomic mass is 16.5. The summed E-state index contributed by atoms with van der Waals surface area (Å²) in [4.78, 5) is 11.4. The Balaban J connectivity index is 2.09. The second-order valence-electron chi connectivity index (χ2n) is 4.42. The van der Waals surface area contributed by atoms with Crippen molar-refractivity contribution in [3.63, 3.8) is 0 Å². The van der Waals surface area contributed by atoms with E-state index in [1.54, 1.807) is 6.07 Å². The zero-order chi connectivity index (χ0) is 12.3. The van der Waals surface area contributed by atoms with Crippen molar-refractivity contribution in [3.05, 3.63) is 29.3 Å². The Morgan fingerprint density at radius 2 is 2.41 bits per heavy atom. The lowest BCUT2D eigenvalue weighted by atomic mass is 10.1. The molecule has 0 radical (unpaired) electrons. The standard InChI is InChI=1S/C13H18N2O2/c1-9-4-2-6-11(12(9)13(14)16)17-8-10-5-3-7-15-10/h2,4,6,10,15H,3,5,7-8H2,1H3,(H2,14,16). The van der Waals surface area contributed by atoms with Crippen LogP contribution in [0.2, 0.25) is 0 Å². The van der Waals surface area contributed by atoms with Crippen molar-refractivity contribution >= 4 is 5.91 Å². The van der Waals surface area contributed by atoms with Gasteiger partial charge in [-0.25, -0.2) is 0 Å². The summed E-state index contributed by atoms with van der Waals surface area (Å²) < 4.78 is 5.70. The monoisotopic (exact) mass is 234 g/mol. The predicted octanol–water partition coefficient (Wildman–Crippen LogP) is 1.22. The first-order chi connectivity index (χ1) is 8.18. The van der Waals surface area contributed by atoms with Gasteiger partial charge in [-0.15, -0.1) is 0 Å². The van der Waals surface area contributed by atoms with Crippen molar-refractivity contribution in [1.82, 2.24) is 5.32 Å². The number of ether oxygens (including phenoxy) is 1. The van der Waals surface area contributed by atoms with Gasteiger partial charge >= 0.3 is 0 Å². The fraction of sp³-hybridized carbons (Fsp3) is 0.462. The van der Waals surface area contributed by atoms with Gasteiger partial charge in [0.25, 0.3) is 5.91 Å². The molecule has 0 aliphatic carbocycles. The summed E-state index contributed by atoms with van der Waals surface area (Å²) in [7, 11) is 0. The van der Waals surface area contributed by atoms with Crippen LogP contribution in [0.15, 0.2) is 18.2 Å². The third-order valence-electron chi connectivity index (χ3n) is 3.08. The topological polar surface area (TPSA) is 64.3 Å². The van der Waals surface area contributed by atoms with Crippen LogP contribution < -0.4 is 15.8 Å². The Labute approximate surface area is 101 Å². The van der Waals surface area contributed by atoms with E-state index in [2.05, 4.69) is 5.32 Å². The molecule has 2 rings (SSSR count). The van der Waals surface area contributed by atoms with Gasteiger partial charge in [0.2, 0.25) is 0 Å². The number of carbonyl (C=O) groups is 1. The third kappa shape index (κ3) is 2.77. The Bertz CT molecular complexity index is 412. The molecular weight excluding hydrogens is 216 g/mol. The zero-order valence-electron chi connectivity index (χ0n) is 10.0. The molecule has 1 amide bonds. The molecule has 0 spiro atoms. The Morgan fingerprint density at radius 1 is 1.59 bits per heavy atom.